The molecule has 0 amide bonds. The number of aromatic nitrogens is 2. The first-order valence-corrected chi connectivity index (χ1v) is 9.95. The molecular weight excluding hydrogens is 372 g/mol. The van der Waals surface area contributed by atoms with Crippen LogP contribution in [0.2, 0.25) is 0 Å². The van der Waals surface area contributed by atoms with Crippen molar-refractivity contribution in [2.75, 3.05) is 13.2 Å². The summed E-state index contributed by atoms with van der Waals surface area (Å²) in [6.07, 6.45) is 2.67. The van der Waals surface area contributed by atoms with Crippen molar-refractivity contribution in [3.63, 3.8) is 0 Å². The number of nitrogens with one attached hydrogen (secondary N) is 1. The standard InChI is InChI=1S/C23H25F2N3O/c1-15-7-10-28-23(2,12-15)14-29-22-19(21(24)25)11-16(13-27-22)17-8-9-26-20-6-4-3-5-18(17)20/h3-6,8-9,11,13,15,21,28H,7,10,12,14H2,1-2H3. The third kappa shape index (κ3) is 4.22. The highest BCUT2D eigenvalue weighted by Crippen LogP contribution is 2.34. The summed E-state index contributed by atoms with van der Waals surface area (Å²) in [5, 5.41) is 4.36. The molecule has 6 heteroatoms. The molecule has 1 saturated heterocycles. The lowest BCUT2D eigenvalue weighted by Gasteiger charge is -2.37. The maximum absolute atomic E-state index is 13.8. The molecule has 1 aliphatic heterocycles. The fraction of sp³-hybridized carbons (Fsp3) is 0.391. The van der Waals surface area contributed by atoms with E-state index in [2.05, 4.69) is 29.1 Å². The molecule has 2 unspecified atom stereocenters. The molecule has 1 fully saturated rings. The molecule has 0 saturated carbocycles. The van der Waals surface area contributed by atoms with E-state index in [4.69, 9.17) is 4.74 Å². The summed E-state index contributed by atoms with van der Waals surface area (Å²) in [6, 6.07) is 10.9. The summed E-state index contributed by atoms with van der Waals surface area (Å²) in [4.78, 5) is 8.60. The van der Waals surface area contributed by atoms with Gasteiger partial charge in [-0.15, -0.1) is 0 Å². The third-order valence-corrected chi connectivity index (χ3v) is 5.59. The third-order valence-electron chi connectivity index (χ3n) is 5.59. The number of fused-ring (bicyclic) bond motifs is 1. The number of hydrogen-bond acceptors (Lipinski definition) is 4. The van der Waals surface area contributed by atoms with Crippen molar-refractivity contribution in [3.05, 3.63) is 54.4 Å². The van der Waals surface area contributed by atoms with Gasteiger partial charge in [-0.1, -0.05) is 25.1 Å². The lowest BCUT2D eigenvalue weighted by molar-refractivity contribution is 0.119. The average molecular weight is 397 g/mol. The van der Waals surface area contributed by atoms with E-state index in [1.54, 1.807) is 12.4 Å². The van der Waals surface area contributed by atoms with Crippen molar-refractivity contribution in [1.29, 1.82) is 0 Å². The minimum Gasteiger partial charge on any atom is -0.475 e. The van der Waals surface area contributed by atoms with Crippen molar-refractivity contribution >= 4 is 10.9 Å². The molecule has 3 heterocycles. The van der Waals surface area contributed by atoms with Crippen LogP contribution in [0, 0.1) is 5.92 Å². The van der Waals surface area contributed by atoms with Gasteiger partial charge in [0, 0.05) is 28.9 Å². The second-order valence-electron chi connectivity index (χ2n) is 8.17. The first-order chi connectivity index (χ1) is 14.0. The monoisotopic (exact) mass is 397 g/mol. The molecule has 4 nitrogen and oxygen atoms in total. The van der Waals surface area contributed by atoms with Gasteiger partial charge in [0.25, 0.3) is 6.43 Å². The van der Waals surface area contributed by atoms with Crippen LogP contribution in [-0.4, -0.2) is 28.7 Å². The molecule has 1 aliphatic rings. The van der Waals surface area contributed by atoms with Crippen LogP contribution in [0.15, 0.2) is 48.8 Å². The van der Waals surface area contributed by atoms with E-state index in [0.29, 0.717) is 18.1 Å². The molecule has 0 radical (unpaired) electrons. The van der Waals surface area contributed by atoms with Gasteiger partial charge in [-0.25, -0.2) is 13.8 Å². The summed E-state index contributed by atoms with van der Waals surface area (Å²) < 4.78 is 33.4. The zero-order chi connectivity index (χ0) is 20.4. The molecule has 3 aromatic rings. The Bertz CT molecular complexity index is 1010. The second-order valence-corrected chi connectivity index (χ2v) is 8.17. The van der Waals surface area contributed by atoms with E-state index in [9.17, 15) is 8.78 Å². The highest BCUT2D eigenvalue weighted by Gasteiger charge is 2.31. The molecule has 4 rings (SSSR count). The molecule has 0 bridgehead atoms. The first kappa shape index (κ1) is 19.7. The maximum Gasteiger partial charge on any atom is 0.269 e. The lowest BCUT2D eigenvalue weighted by atomic mass is 9.85. The Hall–Kier alpha value is -2.60. The number of halogens is 2. The van der Waals surface area contributed by atoms with E-state index in [-0.39, 0.29) is 17.0 Å². The molecule has 152 valence electrons. The van der Waals surface area contributed by atoms with Gasteiger partial charge in [0.05, 0.1) is 11.1 Å². The predicted octanol–water partition coefficient (Wildman–Crippen LogP) is 5.39. The Morgan fingerprint density at radius 2 is 2.07 bits per heavy atom. The van der Waals surface area contributed by atoms with Gasteiger partial charge < -0.3 is 10.1 Å². The summed E-state index contributed by atoms with van der Waals surface area (Å²) in [7, 11) is 0. The van der Waals surface area contributed by atoms with E-state index >= 15 is 0 Å². The molecular formula is C23H25F2N3O. The van der Waals surface area contributed by atoms with E-state index in [1.165, 1.54) is 6.07 Å². The second kappa shape index (κ2) is 8.03. The number of nitrogens with zero attached hydrogens (tertiary/aromatic N) is 2. The zero-order valence-electron chi connectivity index (χ0n) is 16.7. The fourth-order valence-corrected chi connectivity index (χ4v) is 4.14. The number of piperidine rings is 1. The zero-order valence-corrected chi connectivity index (χ0v) is 16.7. The minimum absolute atomic E-state index is 0.00311. The topological polar surface area (TPSA) is 47.0 Å². The van der Waals surface area contributed by atoms with Crippen LogP contribution in [0.4, 0.5) is 8.78 Å². The highest BCUT2D eigenvalue weighted by atomic mass is 19.3. The van der Waals surface area contributed by atoms with Gasteiger partial charge in [0.2, 0.25) is 5.88 Å². The fourth-order valence-electron chi connectivity index (χ4n) is 4.14. The minimum atomic E-state index is -2.67. The van der Waals surface area contributed by atoms with Crippen LogP contribution >= 0.6 is 0 Å². The number of benzene rings is 1. The van der Waals surface area contributed by atoms with Crippen molar-refractivity contribution in [3.8, 4) is 17.0 Å². The SMILES string of the molecule is CC1CCNC(C)(COc2ncc(-c3ccnc4ccccc34)cc2C(F)F)C1. The van der Waals surface area contributed by atoms with Crippen LogP contribution in [0.5, 0.6) is 5.88 Å². The maximum atomic E-state index is 13.8. The summed E-state index contributed by atoms with van der Waals surface area (Å²) in [5.41, 5.74) is 1.84. The van der Waals surface area contributed by atoms with E-state index in [1.807, 2.05) is 30.3 Å². The number of ether oxygens (including phenoxy) is 1. The van der Waals surface area contributed by atoms with Gasteiger partial charge in [0.15, 0.2) is 0 Å². The van der Waals surface area contributed by atoms with Gasteiger partial charge in [-0.3, -0.25) is 4.98 Å². The highest BCUT2D eigenvalue weighted by molar-refractivity contribution is 5.94. The van der Waals surface area contributed by atoms with Crippen molar-refractivity contribution in [2.24, 2.45) is 5.92 Å². The van der Waals surface area contributed by atoms with E-state index in [0.717, 1.165) is 35.9 Å². The molecule has 2 atom stereocenters. The summed E-state index contributed by atoms with van der Waals surface area (Å²) in [6.45, 7) is 5.49. The molecule has 2 aromatic heterocycles. The number of hydrogen-bond donors (Lipinski definition) is 1. The lowest BCUT2D eigenvalue weighted by Crippen LogP contribution is -2.52. The van der Waals surface area contributed by atoms with Crippen molar-refractivity contribution in [1.82, 2.24) is 15.3 Å². The largest absolute Gasteiger partial charge is 0.475 e. The summed E-state index contributed by atoms with van der Waals surface area (Å²) in [5.74, 6) is 0.582. The van der Waals surface area contributed by atoms with E-state index < -0.39 is 6.43 Å². The summed E-state index contributed by atoms with van der Waals surface area (Å²) >= 11 is 0. The molecule has 29 heavy (non-hydrogen) atoms. The average Bonchev–Trinajstić information content (AvgIpc) is 2.71. The Morgan fingerprint density at radius 1 is 1.24 bits per heavy atom. The Morgan fingerprint density at radius 3 is 2.86 bits per heavy atom. The van der Waals surface area contributed by atoms with Gasteiger partial charge >= 0.3 is 0 Å². The quantitative estimate of drug-likeness (QED) is 0.627. The molecule has 0 aliphatic carbocycles. The normalized spacial score (nSPS) is 22.2. The van der Waals surface area contributed by atoms with Crippen LogP contribution in [0.3, 0.4) is 0 Å². The predicted molar refractivity (Wildman–Crippen MR) is 110 cm³/mol. The Kier molecular flexibility index (Phi) is 5.46. The Labute approximate surface area is 169 Å². The van der Waals surface area contributed by atoms with Crippen molar-refractivity contribution < 1.29 is 13.5 Å². The van der Waals surface area contributed by atoms with Crippen molar-refractivity contribution in [2.45, 2.75) is 38.7 Å². The number of alkyl halides is 2. The number of rotatable bonds is 5. The molecule has 1 aromatic carbocycles. The van der Waals surface area contributed by atoms with Gasteiger partial charge in [0.1, 0.15) is 6.61 Å². The number of pyridine rings is 2. The number of para-hydroxylation sites is 1. The first-order valence-electron chi connectivity index (χ1n) is 9.95. The molecule has 0 spiro atoms. The van der Waals surface area contributed by atoms with Crippen LogP contribution in [0.1, 0.15) is 38.7 Å². The van der Waals surface area contributed by atoms with Gasteiger partial charge in [-0.05, 0) is 56.0 Å². The van der Waals surface area contributed by atoms with Crippen LogP contribution in [0.25, 0.3) is 22.0 Å². The van der Waals surface area contributed by atoms with Crippen LogP contribution in [-0.2, 0) is 0 Å². The van der Waals surface area contributed by atoms with Gasteiger partial charge in [-0.2, -0.15) is 0 Å². The Balaban J connectivity index is 1.63. The smallest absolute Gasteiger partial charge is 0.269 e. The molecule has 1 N–H and O–H groups in total. The van der Waals surface area contributed by atoms with Crippen LogP contribution < -0.4 is 10.1 Å².